The van der Waals surface area contributed by atoms with Gasteiger partial charge in [0.2, 0.25) is 5.91 Å². The van der Waals surface area contributed by atoms with E-state index in [1.807, 2.05) is 0 Å². The molecule has 0 saturated carbocycles. The second-order valence-electron chi connectivity index (χ2n) is 5.31. The molecule has 0 unspecified atom stereocenters. The number of nitrogens with one attached hydrogen (secondary N) is 3. The Bertz CT molecular complexity index is 737. The van der Waals surface area contributed by atoms with Crippen molar-refractivity contribution in [3.8, 4) is 5.75 Å². The lowest BCUT2D eigenvalue weighted by Gasteiger charge is -2.10. The third-order valence-electron chi connectivity index (χ3n) is 3.17. The predicted molar refractivity (Wildman–Crippen MR) is 92.9 cm³/mol. The average molecular weight is 345 g/mol. The number of anilines is 1. The molecule has 3 amide bonds. The third kappa shape index (κ3) is 6.90. The third-order valence-corrected chi connectivity index (χ3v) is 3.17. The molecule has 0 spiro atoms. The van der Waals surface area contributed by atoms with Crippen molar-refractivity contribution in [3.05, 3.63) is 59.9 Å². The van der Waals surface area contributed by atoms with Crippen LogP contribution in [0, 0.1) is 5.82 Å². The average Bonchev–Trinajstić information content (AvgIpc) is 2.57. The molecule has 2 rings (SSSR count). The quantitative estimate of drug-likeness (QED) is 0.675. The van der Waals surface area contributed by atoms with Gasteiger partial charge in [-0.25, -0.2) is 9.18 Å². The Kier molecular flexibility index (Phi) is 6.76. The van der Waals surface area contributed by atoms with E-state index in [1.54, 1.807) is 36.4 Å². The highest BCUT2D eigenvalue weighted by atomic mass is 19.1. The minimum atomic E-state index is -0.382. The molecule has 0 aliphatic rings. The van der Waals surface area contributed by atoms with E-state index in [9.17, 15) is 14.0 Å². The van der Waals surface area contributed by atoms with Crippen molar-refractivity contribution < 1.29 is 18.7 Å². The van der Waals surface area contributed by atoms with E-state index in [0.29, 0.717) is 30.1 Å². The highest BCUT2D eigenvalue weighted by Gasteiger charge is 2.03. The largest absolute Gasteiger partial charge is 0.489 e. The number of rotatable bonds is 7. The molecule has 0 atom stereocenters. The second kappa shape index (κ2) is 9.27. The van der Waals surface area contributed by atoms with Gasteiger partial charge in [0.05, 0.1) is 0 Å². The van der Waals surface area contributed by atoms with Crippen LogP contribution in [0.1, 0.15) is 12.5 Å². The Morgan fingerprint density at radius 2 is 1.80 bits per heavy atom. The lowest BCUT2D eigenvalue weighted by molar-refractivity contribution is -0.118. The molecule has 7 heteroatoms. The molecule has 0 heterocycles. The second-order valence-corrected chi connectivity index (χ2v) is 5.31. The van der Waals surface area contributed by atoms with Crippen LogP contribution in [-0.4, -0.2) is 25.0 Å². The molecule has 0 aromatic heterocycles. The van der Waals surface area contributed by atoms with Crippen molar-refractivity contribution in [1.82, 2.24) is 10.6 Å². The number of ether oxygens (including phenoxy) is 1. The van der Waals surface area contributed by atoms with Gasteiger partial charge in [-0.1, -0.05) is 18.2 Å². The minimum Gasteiger partial charge on any atom is -0.489 e. The van der Waals surface area contributed by atoms with Crippen molar-refractivity contribution in [2.75, 3.05) is 18.4 Å². The summed E-state index contributed by atoms with van der Waals surface area (Å²) < 4.78 is 18.7. The first-order valence-corrected chi connectivity index (χ1v) is 7.79. The standard InChI is InChI=1S/C18H20FN3O3/c1-13(23)20-8-9-21-18(24)22-16-6-3-7-17(11-16)25-12-14-4-2-5-15(19)10-14/h2-7,10-11H,8-9,12H2,1H3,(H,20,23)(H2,21,22,24). The molecule has 3 N–H and O–H groups in total. The highest BCUT2D eigenvalue weighted by Crippen LogP contribution is 2.18. The molecule has 132 valence electrons. The van der Waals surface area contributed by atoms with E-state index in [1.165, 1.54) is 19.1 Å². The van der Waals surface area contributed by atoms with Crippen LogP contribution >= 0.6 is 0 Å². The Balaban J connectivity index is 1.81. The first-order valence-electron chi connectivity index (χ1n) is 7.79. The number of carbonyl (C=O) groups is 2. The lowest BCUT2D eigenvalue weighted by Crippen LogP contribution is -2.36. The maximum absolute atomic E-state index is 13.1. The summed E-state index contributed by atoms with van der Waals surface area (Å²) in [7, 11) is 0. The Morgan fingerprint density at radius 3 is 2.56 bits per heavy atom. The molecule has 0 aliphatic carbocycles. The molecule has 0 bridgehead atoms. The van der Waals surface area contributed by atoms with Gasteiger partial charge in [-0.15, -0.1) is 0 Å². The van der Waals surface area contributed by atoms with E-state index in [0.717, 1.165) is 0 Å². The SMILES string of the molecule is CC(=O)NCCNC(=O)Nc1cccc(OCc2cccc(F)c2)c1. The fourth-order valence-corrected chi connectivity index (χ4v) is 2.05. The summed E-state index contributed by atoms with van der Waals surface area (Å²) in [6.07, 6.45) is 0. The maximum atomic E-state index is 13.1. The van der Waals surface area contributed by atoms with Crippen LogP contribution in [0.4, 0.5) is 14.9 Å². The van der Waals surface area contributed by atoms with Crippen LogP contribution in [0.2, 0.25) is 0 Å². The Morgan fingerprint density at radius 1 is 1.04 bits per heavy atom. The summed E-state index contributed by atoms with van der Waals surface area (Å²) in [5, 5.41) is 7.88. The Hall–Kier alpha value is -3.09. The van der Waals surface area contributed by atoms with Gasteiger partial charge in [0.15, 0.2) is 0 Å². The van der Waals surface area contributed by atoms with Crippen LogP contribution in [0.5, 0.6) is 5.75 Å². The van der Waals surface area contributed by atoms with Crippen molar-refractivity contribution in [2.45, 2.75) is 13.5 Å². The first kappa shape index (κ1) is 18.3. The number of hydrogen-bond acceptors (Lipinski definition) is 3. The van der Waals surface area contributed by atoms with Gasteiger partial charge in [-0.2, -0.15) is 0 Å². The highest BCUT2D eigenvalue weighted by molar-refractivity contribution is 5.89. The molecular formula is C18H20FN3O3. The van der Waals surface area contributed by atoms with Gasteiger partial charge in [0.1, 0.15) is 18.2 Å². The minimum absolute atomic E-state index is 0.148. The van der Waals surface area contributed by atoms with Crippen molar-refractivity contribution in [3.63, 3.8) is 0 Å². The smallest absolute Gasteiger partial charge is 0.319 e. The predicted octanol–water partition coefficient (Wildman–Crippen LogP) is 2.66. The van der Waals surface area contributed by atoms with E-state index >= 15 is 0 Å². The van der Waals surface area contributed by atoms with Crippen LogP contribution < -0.4 is 20.7 Å². The Labute approximate surface area is 145 Å². The number of amides is 3. The van der Waals surface area contributed by atoms with Crippen LogP contribution in [0.15, 0.2) is 48.5 Å². The molecule has 0 aliphatic heterocycles. The summed E-state index contributed by atoms with van der Waals surface area (Å²) in [5.74, 6) is 0.0955. The van der Waals surface area contributed by atoms with Crippen molar-refractivity contribution >= 4 is 17.6 Å². The zero-order valence-electron chi connectivity index (χ0n) is 13.8. The number of halogens is 1. The van der Waals surface area contributed by atoms with Gasteiger partial charge in [0.25, 0.3) is 0 Å². The van der Waals surface area contributed by atoms with Crippen molar-refractivity contribution in [1.29, 1.82) is 0 Å². The number of benzene rings is 2. The molecule has 6 nitrogen and oxygen atoms in total. The van der Waals surface area contributed by atoms with E-state index in [2.05, 4.69) is 16.0 Å². The van der Waals surface area contributed by atoms with Gasteiger partial charge >= 0.3 is 6.03 Å². The summed E-state index contributed by atoms with van der Waals surface area (Å²) >= 11 is 0. The van der Waals surface area contributed by atoms with Crippen molar-refractivity contribution in [2.24, 2.45) is 0 Å². The molecule has 0 saturated heterocycles. The summed E-state index contributed by atoms with van der Waals surface area (Å²) in [5.41, 5.74) is 1.28. The zero-order valence-corrected chi connectivity index (χ0v) is 13.8. The molecule has 2 aromatic rings. The van der Waals surface area contributed by atoms with Gasteiger partial charge in [-0.3, -0.25) is 4.79 Å². The van der Waals surface area contributed by atoms with Gasteiger partial charge in [-0.05, 0) is 29.8 Å². The monoisotopic (exact) mass is 345 g/mol. The first-order chi connectivity index (χ1) is 12.0. The maximum Gasteiger partial charge on any atom is 0.319 e. The normalized spacial score (nSPS) is 10.0. The number of hydrogen-bond donors (Lipinski definition) is 3. The topological polar surface area (TPSA) is 79.5 Å². The van der Waals surface area contributed by atoms with E-state index < -0.39 is 0 Å². The zero-order chi connectivity index (χ0) is 18.1. The summed E-state index contributed by atoms with van der Waals surface area (Å²) in [4.78, 5) is 22.5. The van der Waals surface area contributed by atoms with Crippen LogP contribution in [0.3, 0.4) is 0 Å². The molecule has 2 aromatic carbocycles. The molecule has 0 fully saturated rings. The molecule has 0 radical (unpaired) electrons. The fraction of sp³-hybridized carbons (Fsp3) is 0.222. The number of urea groups is 1. The lowest BCUT2D eigenvalue weighted by atomic mass is 10.2. The summed E-state index contributed by atoms with van der Waals surface area (Å²) in [6.45, 7) is 2.32. The summed E-state index contributed by atoms with van der Waals surface area (Å²) in [6, 6.07) is 12.7. The van der Waals surface area contributed by atoms with Gasteiger partial charge in [0, 0.05) is 31.8 Å². The van der Waals surface area contributed by atoms with Crippen LogP contribution in [-0.2, 0) is 11.4 Å². The van der Waals surface area contributed by atoms with E-state index in [4.69, 9.17) is 4.74 Å². The van der Waals surface area contributed by atoms with Gasteiger partial charge < -0.3 is 20.7 Å². The van der Waals surface area contributed by atoms with E-state index in [-0.39, 0.29) is 24.4 Å². The number of carbonyl (C=O) groups excluding carboxylic acids is 2. The van der Waals surface area contributed by atoms with Crippen LogP contribution in [0.25, 0.3) is 0 Å². The molecule has 25 heavy (non-hydrogen) atoms. The molecular weight excluding hydrogens is 325 g/mol. The fourth-order valence-electron chi connectivity index (χ4n) is 2.05.